The maximum absolute atomic E-state index is 12.7. The van der Waals surface area contributed by atoms with E-state index in [1.165, 1.54) is 0 Å². The molecule has 0 spiro atoms. The van der Waals surface area contributed by atoms with Crippen LogP contribution in [0.4, 0.5) is 24.9 Å². The zero-order chi connectivity index (χ0) is 18.1. The first kappa shape index (κ1) is 17.6. The lowest BCUT2D eigenvalue weighted by Gasteiger charge is -2.10. The van der Waals surface area contributed by atoms with Crippen LogP contribution in [-0.2, 0) is 10.9 Å². The lowest BCUT2D eigenvalue weighted by Crippen LogP contribution is -2.21. The highest BCUT2D eigenvalue weighted by molar-refractivity contribution is 9.10. The number of carbonyl (C=O) groups excluding carboxylic acids is 2. The summed E-state index contributed by atoms with van der Waals surface area (Å²) in [5.74, 6) is -3.23. The Morgan fingerprint density at radius 2 is 1.96 bits per heavy atom. The number of nitrogen functional groups attached to an aromatic ring is 1. The molecular weight excluding hydrogens is 403 g/mol. The minimum atomic E-state index is -4.80. The second-order valence-electron chi connectivity index (χ2n) is 4.05. The number of esters is 1. The molecule has 0 aliphatic rings. The van der Waals surface area contributed by atoms with Crippen LogP contribution < -0.4 is 11.1 Å². The van der Waals surface area contributed by atoms with E-state index in [4.69, 9.17) is 5.73 Å². The summed E-state index contributed by atoms with van der Waals surface area (Å²) >= 11 is 2.58. The van der Waals surface area contributed by atoms with Gasteiger partial charge in [-0.3, -0.25) is 15.2 Å². The molecule has 1 amide bonds. The number of H-pyrrole nitrogens is 1. The Morgan fingerprint density at radius 3 is 2.54 bits per heavy atom. The second kappa shape index (κ2) is 6.38. The predicted octanol–water partition coefficient (Wildman–Crippen LogP) is 0.997. The number of amides is 1. The summed E-state index contributed by atoms with van der Waals surface area (Å²) in [4.78, 5) is 33.3. The van der Waals surface area contributed by atoms with E-state index in [0.29, 0.717) is 0 Å². The summed E-state index contributed by atoms with van der Waals surface area (Å²) < 4.78 is 41.7. The standard InChI is InChI=1S/C10H7BrF3N7O3/c1-24-8(23)6-18-9(21-20-6)19-7(22)2-5(15)17-3(4(11)16-2)10(12,13)14/h1H3,(H2,15,17)(H2,18,19,20,21,22). The number of hydrogen-bond acceptors (Lipinski definition) is 8. The van der Waals surface area contributed by atoms with Gasteiger partial charge in [-0.2, -0.15) is 18.2 Å². The molecule has 128 valence electrons. The SMILES string of the molecule is COC(=O)c1nc(NC(=O)c2nc(Br)c(C(F)(F)F)nc2N)n[nH]1. The van der Waals surface area contributed by atoms with Crippen molar-refractivity contribution in [3.05, 3.63) is 21.8 Å². The molecule has 2 rings (SSSR count). The molecule has 14 heteroatoms. The fraction of sp³-hybridized carbons (Fsp3) is 0.200. The Hall–Kier alpha value is -2.77. The minimum Gasteiger partial charge on any atom is -0.463 e. The van der Waals surface area contributed by atoms with Crippen molar-refractivity contribution >= 4 is 39.6 Å². The summed E-state index contributed by atoms with van der Waals surface area (Å²) in [6, 6.07) is 0. The van der Waals surface area contributed by atoms with Crippen LogP contribution in [0.5, 0.6) is 0 Å². The van der Waals surface area contributed by atoms with Crippen molar-refractivity contribution in [3.8, 4) is 0 Å². The largest absolute Gasteiger partial charge is 0.463 e. The van der Waals surface area contributed by atoms with Crippen LogP contribution in [0.3, 0.4) is 0 Å². The van der Waals surface area contributed by atoms with E-state index in [9.17, 15) is 22.8 Å². The Balaban J connectivity index is 2.26. The highest BCUT2D eigenvalue weighted by Crippen LogP contribution is 2.33. The van der Waals surface area contributed by atoms with Crippen LogP contribution in [0.2, 0.25) is 0 Å². The molecule has 0 bridgehead atoms. The molecule has 0 radical (unpaired) electrons. The zero-order valence-corrected chi connectivity index (χ0v) is 13.2. The normalized spacial score (nSPS) is 11.2. The molecule has 10 nitrogen and oxygen atoms in total. The van der Waals surface area contributed by atoms with Gasteiger partial charge < -0.3 is 10.5 Å². The van der Waals surface area contributed by atoms with Crippen molar-refractivity contribution in [2.45, 2.75) is 6.18 Å². The number of ether oxygens (including phenoxy) is 1. The fourth-order valence-corrected chi connectivity index (χ4v) is 1.93. The van der Waals surface area contributed by atoms with E-state index in [0.717, 1.165) is 7.11 Å². The van der Waals surface area contributed by atoms with Crippen LogP contribution in [-0.4, -0.2) is 44.1 Å². The van der Waals surface area contributed by atoms with E-state index in [1.807, 2.05) is 0 Å². The third kappa shape index (κ3) is 3.58. The summed E-state index contributed by atoms with van der Waals surface area (Å²) in [6.45, 7) is 0. The smallest absolute Gasteiger partial charge is 0.436 e. The van der Waals surface area contributed by atoms with Gasteiger partial charge in [0.05, 0.1) is 7.11 Å². The third-order valence-electron chi connectivity index (χ3n) is 2.45. The summed E-state index contributed by atoms with van der Waals surface area (Å²) in [7, 11) is 1.11. The molecule has 4 N–H and O–H groups in total. The molecule has 2 aromatic heterocycles. The first-order valence-corrected chi connectivity index (χ1v) is 6.65. The van der Waals surface area contributed by atoms with Gasteiger partial charge >= 0.3 is 12.1 Å². The van der Waals surface area contributed by atoms with Crippen molar-refractivity contribution < 1.29 is 27.5 Å². The van der Waals surface area contributed by atoms with Gasteiger partial charge in [0, 0.05) is 0 Å². The molecular formula is C10H7BrF3N7O3. The zero-order valence-electron chi connectivity index (χ0n) is 11.6. The molecule has 0 aliphatic carbocycles. The highest BCUT2D eigenvalue weighted by Gasteiger charge is 2.37. The molecule has 0 unspecified atom stereocenters. The Labute approximate surface area is 139 Å². The summed E-state index contributed by atoms with van der Waals surface area (Å²) in [5.41, 5.74) is 3.38. The Morgan fingerprint density at radius 1 is 1.29 bits per heavy atom. The lowest BCUT2D eigenvalue weighted by atomic mass is 10.3. The van der Waals surface area contributed by atoms with Crippen LogP contribution in [0.15, 0.2) is 4.60 Å². The first-order chi connectivity index (χ1) is 11.1. The summed E-state index contributed by atoms with van der Waals surface area (Å²) in [5, 5.41) is 7.80. The number of methoxy groups -OCH3 is 1. The van der Waals surface area contributed by atoms with Crippen molar-refractivity contribution in [1.82, 2.24) is 25.1 Å². The van der Waals surface area contributed by atoms with Crippen molar-refractivity contribution in [3.63, 3.8) is 0 Å². The number of hydrogen-bond donors (Lipinski definition) is 3. The summed E-state index contributed by atoms with van der Waals surface area (Å²) in [6.07, 6.45) is -4.80. The molecule has 0 aromatic carbocycles. The molecule has 0 atom stereocenters. The molecule has 0 fully saturated rings. The van der Waals surface area contributed by atoms with Crippen LogP contribution in [0.1, 0.15) is 26.8 Å². The van der Waals surface area contributed by atoms with Gasteiger partial charge in [-0.05, 0) is 15.9 Å². The molecule has 2 aromatic rings. The van der Waals surface area contributed by atoms with E-state index in [2.05, 4.69) is 51.1 Å². The number of aromatic amines is 1. The molecule has 0 aliphatic heterocycles. The third-order valence-corrected chi connectivity index (χ3v) is 3.01. The average Bonchev–Trinajstić information content (AvgIpc) is 2.95. The molecule has 24 heavy (non-hydrogen) atoms. The topological polar surface area (TPSA) is 149 Å². The number of nitrogens with two attached hydrogens (primary N) is 1. The lowest BCUT2D eigenvalue weighted by molar-refractivity contribution is -0.142. The predicted molar refractivity (Wildman–Crippen MR) is 74.8 cm³/mol. The van der Waals surface area contributed by atoms with E-state index in [-0.39, 0.29) is 11.8 Å². The number of halogens is 4. The number of carbonyl (C=O) groups is 2. The quantitative estimate of drug-likeness (QED) is 0.635. The minimum absolute atomic E-state index is 0.291. The van der Waals surface area contributed by atoms with Crippen molar-refractivity contribution in [1.29, 1.82) is 0 Å². The van der Waals surface area contributed by atoms with Gasteiger partial charge in [-0.25, -0.2) is 14.8 Å². The van der Waals surface area contributed by atoms with Gasteiger partial charge in [-0.1, -0.05) is 0 Å². The van der Waals surface area contributed by atoms with Crippen LogP contribution in [0.25, 0.3) is 0 Å². The van der Waals surface area contributed by atoms with Gasteiger partial charge in [0.25, 0.3) is 5.91 Å². The maximum atomic E-state index is 12.7. The van der Waals surface area contributed by atoms with Gasteiger partial charge in [-0.15, -0.1) is 5.10 Å². The number of rotatable bonds is 3. The molecule has 2 heterocycles. The molecule has 0 saturated carbocycles. The van der Waals surface area contributed by atoms with Crippen molar-refractivity contribution in [2.75, 3.05) is 18.2 Å². The maximum Gasteiger partial charge on any atom is 0.436 e. The van der Waals surface area contributed by atoms with Gasteiger partial charge in [0.2, 0.25) is 11.8 Å². The number of anilines is 2. The molecule has 0 saturated heterocycles. The van der Waals surface area contributed by atoms with Crippen molar-refractivity contribution in [2.24, 2.45) is 0 Å². The Kier molecular flexibility index (Phi) is 4.68. The van der Waals surface area contributed by atoms with Crippen LogP contribution in [0, 0.1) is 0 Å². The number of nitrogens with one attached hydrogen (secondary N) is 2. The second-order valence-corrected chi connectivity index (χ2v) is 4.80. The van der Waals surface area contributed by atoms with E-state index >= 15 is 0 Å². The average molecular weight is 410 g/mol. The number of alkyl halides is 3. The van der Waals surface area contributed by atoms with Gasteiger partial charge in [0.1, 0.15) is 4.60 Å². The van der Waals surface area contributed by atoms with Crippen LogP contribution >= 0.6 is 15.9 Å². The Bertz CT molecular complexity index is 807. The highest BCUT2D eigenvalue weighted by atomic mass is 79.9. The monoisotopic (exact) mass is 409 g/mol. The van der Waals surface area contributed by atoms with E-state index in [1.54, 1.807) is 0 Å². The first-order valence-electron chi connectivity index (χ1n) is 5.85. The number of nitrogens with zero attached hydrogens (tertiary/aromatic N) is 4. The number of aromatic nitrogens is 5. The van der Waals surface area contributed by atoms with E-state index < -0.39 is 39.9 Å². The fourth-order valence-electron chi connectivity index (χ4n) is 1.44. The van der Waals surface area contributed by atoms with Gasteiger partial charge in [0.15, 0.2) is 17.2 Å².